The van der Waals surface area contributed by atoms with Gasteiger partial charge < -0.3 is 20.1 Å². The van der Waals surface area contributed by atoms with Crippen LogP contribution in [0.1, 0.15) is 0 Å². The van der Waals surface area contributed by atoms with Gasteiger partial charge >= 0.3 is 5.97 Å². The highest BCUT2D eigenvalue weighted by atomic mass is 16.5. The third-order valence-electron chi connectivity index (χ3n) is 2.72. The van der Waals surface area contributed by atoms with Crippen LogP contribution in [0.4, 0.5) is 11.4 Å². The first-order valence-electron chi connectivity index (χ1n) is 5.84. The molecular formula is C13H16N2O3. The molecule has 0 amide bonds. The molecule has 18 heavy (non-hydrogen) atoms. The standard InChI is InChI=1S/C13H16N2O3/c16-13(17)5-6-14-11-1-3-12(4-2-11)15-7-9-18-10-8-15/h1-6,14H,7-10H2,(H,16,17)/b6-5+. The summed E-state index contributed by atoms with van der Waals surface area (Å²) in [6.45, 7) is 3.35. The average Bonchev–Trinajstić information content (AvgIpc) is 2.40. The molecule has 5 nitrogen and oxygen atoms in total. The molecule has 1 aromatic carbocycles. The van der Waals surface area contributed by atoms with Crippen LogP contribution in [0.25, 0.3) is 0 Å². The zero-order chi connectivity index (χ0) is 12.8. The number of carboxylic acids is 1. The summed E-state index contributed by atoms with van der Waals surface area (Å²) in [7, 11) is 0. The minimum Gasteiger partial charge on any atom is -0.478 e. The number of anilines is 2. The van der Waals surface area contributed by atoms with Gasteiger partial charge in [-0.25, -0.2) is 4.79 Å². The van der Waals surface area contributed by atoms with E-state index in [0.717, 1.165) is 43.8 Å². The van der Waals surface area contributed by atoms with Crippen LogP contribution >= 0.6 is 0 Å². The topological polar surface area (TPSA) is 61.8 Å². The van der Waals surface area contributed by atoms with E-state index in [0.29, 0.717) is 0 Å². The smallest absolute Gasteiger partial charge is 0.329 e. The number of hydrogen-bond acceptors (Lipinski definition) is 4. The van der Waals surface area contributed by atoms with Gasteiger partial charge in [0.05, 0.1) is 13.2 Å². The molecule has 96 valence electrons. The number of carboxylic acid groups (broad SMARTS) is 1. The van der Waals surface area contributed by atoms with Crippen molar-refractivity contribution in [3.8, 4) is 0 Å². The second-order valence-corrected chi connectivity index (χ2v) is 3.96. The Kier molecular flexibility index (Phi) is 4.20. The zero-order valence-electron chi connectivity index (χ0n) is 10.0. The maximum atomic E-state index is 10.3. The van der Waals surface area contributed by atoms with Gasteiger partial charge in [-0.15, -0.1) is 0 Å². The molecule has 1 saturated heterocycles. The third kappa shape index (κ3) is 3.49. The summed E-state index contributed by atoms with van der Waals surface area (Å²) in [5.74, 6) is -0.965. The number of morpholine rings is 1. The first-order valence-corrected chi connectivity index (χ1v) is 5.84. The lowest BCUT2D eigenvalue weighted by Crippen LogP contribution is -2.36. The van der Waals surface area contributed by atoms with Crippen LogP contribution < -0.4 is 10.2 Å². The van der Waals surface area contributed by atoms with E-state index in [2.05, 4.69) is 10.2 Å². The van der Waals surface area contributed by atoms with Crippen LogP contribution in [0.3, 0.4) is 0 Å². The second-order valence-electron chi connectivity index (χ2n) is 3.96. The minimum absolute atomic E-state index is 0.765. The van der Waals surface area contributed by atoms with E-state index >= 15 is 0 Å². The van der Waals surface area contributed by atoms with Crippen LogP contribution in [0.5, 0.6) is 0 Å². The van der Waals surface area contributed by atoms with E-state index in [-0.39, 0.29) is 0 Å². The fraction of sp³-hybridized carbons (Fsp3) is 0.308. The lowest BCUT2D eigenvalue weighted by molar-refractivity contribution is -0.131. The van der Waals surface area contributed by atoms with Crippen molar-refractivity contribution in [2.24, 2.45) is 0 Å². The van der Waals surface area contributed by atoms with Gasteiger partial charge in [0.2, 0.25) is 0 Å². The third-order valence-corrected chi connectivity index (χ3v) is 2.72. The van der Waals surface area contributed by atoms with Gasteiger partial charge in [-0.1, -0.05) is 0 Å². The van der Waals surface area contributed by atoms with Crippen LogP contribution in [0, 0.1) is 0 Å². The van der Waals surface area contributed by atoms with Gasteiger partial charge in [0.25, 0.3) is 0 Å². The summed E-state index contributed by atoms with van der Waals surface area (Å²) in [6.07, 6.45) is 2.47. The molecule has 1 aromatic rings. The molecule has 5 heteroatoms. The van der Waals surface area contributed by atoms with Crippen molar-refractivity contribution in [3.63, 3.8) is 0 Å². The molecule has 0 bridgehead atoms. The molecule has 0 saturated carbocycles. The van der Waals surface area contributed by atoms with Gasteiger partial charge in [0, 0.05) is 36.7 Å². The van der Waals surface area contributed by atoms with Gasteiger partial charge in [-0.05, 0) is 24.3 Å². The predicted octanol–water partition coefficient (Wildman–Crippen LogP) is 1.53. The molecule has 2 N–H and O–H groups in total. The SMILES string of the molecule is O=C(O)/C=C/Nc1ccc(N2CCOCC2)cc1. The Hall–Kier alpha value is -2.01. The maximum Gasteiger partial charge on any atom is 0.329 e. The zero-order valence-corrected chi connectivity index (χ0v) is 10.0. The fourth-order valence-electron chi connectivity index (χ4n) is 1.80. The summed E-state index contributed by atoms with van der Waals surface area (Å²) >= 11 is 0. The van der Waals surface area contributed by atoms with E-state index in [1.165, 1.54) is 6.20 Å². The lowest BCUT2D eigenvalue weighted by Gasteiger charge is -2.28. The molecular weight excluding hydrogens is 232 g/mol. The number of carbonyl (C=O) groups is 1. The van der Waals surface area contributed by atoms with Crippen molar-refractivity contribution in [2.75, 3.05) is 36.5 Å². The summed E-state index contributed by atoms with van der Waals surface area (Å²) in [5.41, 5.74) is 2.02. The maximum absolute atomic E-state index is 10.3. The molecule has 1 aliphatic heterocycles. The number of benzene rings is 1. The van der Waals surface area contributed by atoms with E-state index in [4.69, 9.17) is 9.84 Å². The Morgan fingerprint density at radius 3 is 2.56 bits per heavy atom. The predicted molar refractivity (Wildman–Crippen MR) is 69.9 cm³/mol. The molecule has 2 rings (SSSR count). The van der Waals surface area contributed by atoms with Gasteiger partial charge in [-0.3, -0.25) is 0 Å². The Bertz CT molecular complexity index is 422. The van der Waals surface area contributed by atoms with E-state index in [9.17, 15) is 4.79 Å². The number of aliphatic carboxylic acids is 1. The second kappa shape index (κ2) is 6.07. The molecule has 0 unspecified atom stereocenters. The van der Waals surface area contributed by atoms with Crippen LogP contribution in [-0.4, -0.2) is 37.4 Å². The highest BCUT2D eigenvalue weighted by Crippen LogP contribution is 2.18. The lowest BCUT2D eigenvalue weighted by atomic mass is 10.2. The molecule has 1 fully saturated rings. The number of nitrogens with zero attached hydrogens (tertiary/aromatic N) is 1. The Balaban J connectivity index is 1.94. The van der Waals surface area contributed by atoms with E-state index < -0.39 is 5.97 Å². The summed E-state index contributed by atoms with van der Waals surface area (Å²) < 4.78 is 5.30. The number of nitrogens with one attached hydrogen (secondary N) is 1. The van der Waals surface area contributed by atoms with Crippen LogP contribution in [-0.2, 0) is 9.53 Å². The summed E-state index contributed by atoms with van der Waals surface area (Å²) in [6, 6.07) is 7.89. The molecule has 0 radical (unpaired) electrons. The van der Waals surface area contributed by atoms with Crippen molar-refractivity contribution in [1.82, 2.24) is 0 Å². The summed E-state index contributed by atoms with van der Waals surface area (Å²) in [5, 5.41) is 11.4. The molecule has 1 heterocycles. The fourth-order valence-corrected chi connectivity index (χ4v) is 1.80. The monoisotopic (exact) mass is 248 g/mol. The van der Waals surface area contributed by atoms with Crippen molar-refractivity contribution >= 4 is 17.3 Å². The first kappa shape index (κ1) is 12.4. The minimum atomic E-state index is -0.965. The van der Waals surface area contributed by atoms with Gasteiger partial charge in [-0.2, -0.15) is 0 Å². The first-order chi connectivity index (χ1) is 8.75. The molecule has 0 aromatic heterocycles. The normalized spacial score (nSPS) is 15.9. The molecule has 0 atom stereocenters. The molecule has 0 aliphatic carbocycles. The van der Waals surface area contributed by atoms with Crippen molar-refractivity contribution in [1.29, 1.82) is 0 Å². The van der Waals surface area contributed by atoms with Crippen molar-refractivity contribution in [2.45, 2.75) is 0 Å². The quantitative estimate of drug-likeness (QED) is 0.791. The molecule has 0 spiro atoms. The van der Waals surface area contributed by atoms with E-state index in [1.54, 1.807) is 0 Å². The average molecular weight is 248 g/mol. The van der Waals surface area contributed by atoms with Crippen molar-refractivity contribution < 1.29 is 14.6 Å². The van der Waals surface area contributed by atoms with Gasteiger partial charge in [0.15, 0.2) is 0 Å². The number of ether oxygens (including phenoxy) is 1. The Morgan fingerprint density at radius 2 is 1.94 bits per heavy atom. The number of rotatable bonds is 4. The highest BCUT2D eigenvalue weighted by molar-refractivity contribution is 5.80. The Morgan fingerprint density at radius 1 is 1.28 bits per heavy atom. The van der Waals surface area contributed by atoms with E-state index in [1.807, 2.05) is 24.3 Å². The van der Waals surface area contributed by atoms with Crippen molar-refractivity contribution in [3.05, 3.63) is 36.5 Å². The Labute approximate surface area is 106 Å². The number of hydrogen-bond donors (Lipinski definition) is 2. The molecule has 1 aliphatic rings. The highest BCUT2D eigenvalue weighted by Gasteiger charge is 2.10. The largest absolute Gasteiger partial charge is 0.478 e. The van der Waals surface area contributed by atoms with Crippen LogP contribution in [0.2, 0.25) is 0 Å². The van der Waals surface area contributed by atoms with Crippen LogP contribution in [0.15, 0.2) is 36.5 Å². The van der Waals surface area contributed by atoms with Gasteiger partial charge in [0.1, 0.15) is 0 Å². The summed E-state index contributed by atoms with van der Waals surface area (Å²) in [4.78, 5) is 12.6.